The molecule has 2 N–H and O–H groups in total. The third-order valence-corrected chi connectivity index (χ3v) is 7.30. The summed E-state index contributed by atoms with van der Waals surface area (Å²) >= 11 is 12.5. The Balaban J connectivity index is 1.57. The normalized spacial score (nSPS) is 27.5. The highest BCUT2D eigenvalue weighted by molar-refractivity contribution is 6.43. The van der Waals surface area contributed by atoms with Crippen molar-refractivity contribution in [3.8, 4) is 0 Å². The van der Waals surface area contributed by atoms with E-state index in [0.29, 0.717) is 33.8 Å². The van der Waals surface area contributed by atoms with Crippen LogP contribution in [-0.2, 0) is 4.74 Å². The van der Waals surface area contributed by atoms with Crippen LogP contribution in [0, 0.1) is 12.3 Å². The summed E-state index contributed by atoms with van der Waals surface area (Å²) < 4.78 is 7.34. The molecular formula is C20H26Cl2N4O2. The summed E-state index contributed by atoms with van der Waals surface area (Å²) in [7, 11) is 0. The van der Waals surface area contributed by atoms with Gasteiger partial charge in [-0.1, -0.05) is 29.3 Å². The fourth-order valence-corrected chi connectivity index (χ4v) is 5.02. The van der Waals surface area contributed by atoms with Crippen LogP contribution in [0.3, 0.4) is 0 Å². The average molecular weight is 425 g/mol. The van der Waals surface area contributed by atoms with Gasteiger partial charge in [0.1, 0.15) is 11.6 Å². The predicted molar refractivity (Wildman–Crippen MR) is 113 cm³/mol. The molecule has 0 aromatic carbocycles. The lowest BCUT2D eigenvalue weighted by Gasteiger charge is -2.41. The standard InChI is InChI=1S/C20H26Cl2N4O2/c1-12-19(23)20(11-28-12)6-8-25(9-7-20)16-10-17(27)26(13(2)24-16)15-5-3-4-14(21)18(15)22/h5,10,12,19H,3-4,6-9,11,23H2,1-2H3/t12-,19+/m0/s1. The molecule has 2 atom stereocenters. The van der Waals surface area contributed by atoms with E-state index in [4.69, 9.17) is 38.7 Å². The second kappa shape index (κ2) is 7.48. The van der Waals surface area contributed by atoms with Gasteiger partial charge in [-0.15, -0.1) is 0 Å². The molecule has 0 amide bonds. The zero-order valence-corrected chi connectivity index (χ0v) is 17.8. The quantitative estimate of drug-likeness (QED) is 0.788. The van der Waals surface area contributed by atoms with Crippen LogP contribution >= 0.6 is 23.2 Å². The van der Waals surface area contributed by atoms with E-state index in [0.717, 1.165) is 39.0 Å². The Hall–Kier alpha value is -1.34. The maximum absolute atomic E-state index is 12.9. The Labute approximate surface area is 175 Å². The molecule has 2 fully saturated rings. The van der Waals surface area contributed by atoms with Gasteiger partial charge in [-0.3, -0.25) is 9.36 Å². The van der Waals surface area contributed by atoms with Crippen LogP contribution in [0.25, 0.3) is 5.70 Å². The lowest BCUT2D eigenvalue weighted by Crippen LogP contribution is -2.51. The average Bonchev–Trinajstić information content (AvgIpc) is 2.94. The lowest BCUT2D eigenvalue weighted by atomic mass is 9.73. The van der Waals surface area contributed by atoms with Crippen molar-refractivity contribution < 1.29 is 4.74 Å². The molecule has 3 heterocycles. The molecule has 1 aliphatic carbocycles. The minimum atomic E-state index is -0.145. The smallest absolute Gasteiger partial charge is 0.260 e. The molecule has 1 aromatic rings. The fraction of sp³-hybridized carbons (Fsp3) is 0.600. The topological polar surface area (TPSA) is 73.4 Å². The van der Waals surface area contributed by atoms with E-state index < -0.39 is 0 Å². The number of hydrogen-bond acceptors (Lipinski definition) is 5. The zero-order chi connectivity index (χ0) is 20.1. The molecule has 6 nitrogen and oxygen atoms in total. The molecule has 1 spiro atoms. The van der Waals surface area contributed by atoms with Gasteiger partial charge in [0.2, 0.25) is 0 Å². The summed E-state index contributed by atoms with van der Waals surface area (Å²) in [6, 6.07) is 1.65. The molecular weight excluding hydrogens is 399 g/mol. The molecule has 3 aliphatic rings. The first-order valence-electron chi connectivity index (χ1n) is 9.80. The highest BCUT2D eigenvalue weighted by Gasteiger charge is 2.47. The van der Waals surface area contributed by atoms with E-state index in [1.54, 1.807) is 10.6 Å². The molecule has 8 heteroatoms. The second-order valence-corrected chi connectivity index (χ2v) is 8.91. The summed E-state index contributed by atoms with van der Waals surface area (Å²) in [5.41, 5.74) is 6.92. The van der Waals surface area contributed by atoms with E-state index in [1.165, 1.54) is 0 Å². The Morgan fingerprint density at radius 1 is 1.32 bits per heavy atom. The summed E-state index contributed by atoms with van der Waals surface area (Å²) in [5, 5.41) is 1.01. The van der Waals surface area contributed by atoms with Gasteiger partial charge in [0, 0.05) is 35.6 Å². The maximum atomic E-state index is 12.9. The van der Waals surface area contributed by atoms with Crippen molar-refractivity contribution in [3.63, 3.8) is 0 Å². The third-order valence-electron chi connectivity index (χ3n) is 6.41. The number of ether oxygens (including phenoxy) is 1. The molecule has 0 saturated carbocycles. The molecule has 28 heavy (non-hydrogen) atoms. The van der Waals surface area contributed by atoms with Crippen molar-refractivity contribution >= 4 is 34.7 Å². The predicted octanol–water partition coefficient (Wildman–Crippen LogP) is 3.21. The number of allylic oxidation sites excluding steroid dienone is 4. The largest absolute Gasteiger partial charge is 0.376 e. The summed E-state index contributed by atoms with van der Waals surface area (Å²) in [5.74, 6) is 1.31. The molecule has 4 rings (SSSR count). The van der Waals surface area contributed by atoms with Crippen molar-refractivity contribution in [2.24, 2.45) is 11.1 Å². The minimum absolute atomic E-state index is 0.0436. The third kappa shape index (κ3) is 3.30. The van der Waals surface area contributed by atoms with Crippen LogP contribution in [0.4, 0.5) is 5.82 Å². The van der Waals surface area contributed by atoms with E-state index in [-0.39, 0.29) is 23.1 Å². The SMILES string of the molecule is Cc1nc(N2CCC3(CC2)CO[C@@H](C)[C@H]3N)cc(=O)n1C1=CCCC(Cl)=C1Cl. The van der Waals surface area contributed by atoms with E-state index in [1.807, 2.05) is 19.9 Å². The number of nitrogens with zero attached hydrogens (tertiary/aromatic N) is 3. The van der Waals surface area contributed by atoms with Gasteiger partial charge < -0.3 is 15.4 Å². The molecule has 0 unspecified atom stereocenters. The fourth-order valence-electron chi connectivity index (χ4n) is 4.55. The Morgan fingerprint density at radius 2 is 2.04 bits per heavy atom. The molecule has 2 saturated heterocycles. The first kappa shape index (κ1) is 20.0. The number of hydrogen-bond donors (Lipinski definition) is 1. The molecule has 1 aromatic heterocycles. The highest BCUT2D eigenvalue weighted by Crippen LogP contribution is 2.41. The molecule has 2 aliphatic heterocycles. The number of halogens is 2. The first-order valence-corrected chi connectivity index (χ1v) is 10.6. The van der Waals surface area contributed by atoms with Gasteiger partial charge in [-0.2, -0.15) is 0 Å². The zero-order valence-electron chi connectivity index (χ0n) is 16.3. The maximum Gasteiger partial charge on any atom is 0.260 e. The highest BCUT2D eigenvalue weighted by atomic mass is 35.5. The molecule has 0 bridgehead atoms. The number of aromatic nitrogens is 2. The van der Waals surface area contributed by atoms with Crippen molar-refractivity contribution in [3.05, 3.63) is 38.4 Å². The Kier molecular flexibility index (Phi) is 5.33. The summed E-state index contributed by atoms with van der Waals surface area (Å²) in [4.78, 5) is 19.8. The van der Waals surface area contributed by atoms with Crippen molar-refractivity contribution in [2.75, 3.05) is 24.6 Å². The van der Waals surface area contributed by atoms with Gasteiger partial charge in [-0.25, -0.2) is 4.98 Å². The minimum Gasteiger partial charge on any atom is -0.376 e. The van der Waals surface area contributed by atoms with Crippen LogP contribution in [0.2, 0.25) is 0 Å². The molecule has 152 valence electrons. The van der Waals surface area contributed by atoms with E-state index in [9.17, 15) is 4.79 Å². The summed E-state index contributed by atoms with van der Waals surface area (Å²) in [6.45, 7) is 6.22. The number of rotatable bonds is 2. The van der Waals surface area contributed by atoms with E-state index in [2.05, 4.69) is 4.90 Å². The first-order chi connectivity index (χ1) is 13.3. The number of nitrogens with two attached hydrogens (primary N) is 1. The Morgan fingerprint density at radius 3 is 2.64 bits per heavy atom. The Bertz CT molecular complexity index is 900. The number of piperidine rings is 1. The van der Waals surface area contributed by atoms with Gasteiger partial charge in [0.25, 0.3) is 5.56 Å². The van der Waals surface area contributed by atoms with Crippen molar-refractivity contribution in [1.82, 2.24) is 9.55 Å². The van der Waals surface area contributed by atoms with E-state index >= 15 is 0 Å². The van der Waals surface area contributed by atoms with Gasteiger partial charge >= 0.3 is 0 Å². The van der Waals surface area contributed by atoms with Gasteiger partial charge in [0.15, 0.2) is 0 Å². The second-order valence-electron chi connectivity index (χ2n) is 8.07. The monoisotopic (exact) mass is 424 g/mol. The summed E-state index contributed by atoms with van der Waals surface area (Å²) in [6.07, 6.45) is 5.38. The van der Waals surface area contributed by atoms with Crippen molar-refractivity contribution in [2.45, 2.75) is 51.7 Å². The molecule has 0 radical (unpaired) electrons. The van der Waals surface area contributed by atoms with Gasteiger partial charge in [-0.05, 0) is 39.5 Å². The van der Waals surface area contributed by atoms with Crippen LogP contribution in [0.1, 0.15) is 38.4 Å². The van der Waals surface area contributed by atoms with Crippen LogP contribution in [-0.4, -0.2) is 41.4 Å². The van der Waals surface area contributed by atoms with Crippen molar-refractivity contribution in [1.29, 1.82) is 0 Å². The van der Waals surface area contributed by atoms with Crippen LogP contribution < -0.4 is 16.2 Å². The number of anilines is 1. The van der Waals surface area contributed by atoms with Gasteiger partial charge in [0.05, 0.1) is 23.4 Å². The lowest BCUT2D eigenvalue weighted by molar-refractivity contribution is 0.0974. The number of aryl methyl sites for hydroxylation is 1. The van der Waals surface area contributed by atoms with Crippen LogP contribution in [0.15, 0.2) is 27.0 Å². The van der Waals surface area contributed by atoms with Crippen LogP contribution in [0.5, 0.6) is 0 Å².